The van der Waals surface area contributed by atoms with Crippen LogP contribution in [-0.2, 0) is 13.0 Å². The molecule has 2 aromatic rings. The summed E-state index contributed by atoms with van der Waals surface area (Å²) >= 11 is 1.81. The molecule has 0 radical (unpaired) electrons. The van der Waals surface area contributed by atoms with E-state index in [2.05, 4.69) is 44.6 Å². The lowest BCUT2D eigenvalue weighted by atomic mass is 10.0. The van der Waals surface area contributed by atoms with Crippen LogP contribution in [0.25, 0.3) is 0 Å². The highest BCUT2D eigenvalue weighted by Crippen LogP contribution is 2.17. The van der Waals surface area contributed by atoms with E-state index in [1.807, 2.05) is 0 Å². The van der Waals surface area contributed by atoms with Crippen molar-refractivity contribution in [1.29, 1.82) is 0 Å². The molecule has 0 bridgehead atoms. The molecule has 1 N–H and O–H groups in total. The van der Waals surface area contributed by atoms with E-state index >= 15 is 0 Å². The fourth-order valence-electron chi connectivity index (χ4n) is 3.10. The number of hydrogen-bond donors (Lipinski definition) is 1. The number of carbonyl (C=O) groups is 1. The molecule has 0 aromatic carbocycles. The monoisotopic (exact) mass is 344 g/mol. The van der Waals surface area contributed by atoms with Crippen molar-refractivity contribution in [2.75, 3.05) is 13.1 Å². The SMILES string of the molecule is CCCc1ncncc1C(=O)NC1CCN(Cc2cccs2)CC1. The third kappa shape index (κ3) is 4.39. The molecular weight excluding hydrogens is 320 g/mol. The van der Waals surface area contributed by atoms with Gasteiger partial charge in [-0.15, -0.1) is 11.3 Å². The molecule has 0 saturated carbocycles. The average Bonchev–Trinajstić information content (AvgIpc) is 3.10. The first-order valence-electron chi connectivity index (χ1n) is 8.60. The standard InChI is InChI=1S/C18H24N4OS/c1-2-4-17-16(11-19-13-20-17)18(23)21-14-6-8-22(9-7-14)12-15-5-3-10-24-15/h3,5,10-11,13-14H,2,4,6-9,12H2,1H3,(H,21,23). The first-order chi connectivity index (χ1) is 11.8. The van der Waals surface area contributed by atoms with Gasteiger partial charge in [0.05, 0.1) is 11.3 Å². The van der Waals surface area contributed by atoms with Crippen molar-refractivity contribution in [2.45, 2.75) is 45.2 Å². The van der Waals surface area contributed by atoms with E-state index in [9.17, 15) is 4.79 Å². The number of carbonyl (C=O) groups excluding carboxylic acids is 1. The minimum Gasteiger partial charge on any atom is -0.349 e. The fourth-order valence-corrected chi connectivity index (χ4v) is 3.85. The number of likely N-dealkylation sites (tertiary alicyclic amines) is 1. The van der Waals surface area contributed by atoms with Crippen LogP contribution in [0.15, 0.2) is 30.0 Å². The Bertz CT molecular complexity index is 651. The Hall–Kier alpha value is -1.79. The first kappa shape index (κ1) is 17.0. The molecule has 1 aliphatic heterocycles. The van der Waals surface area contributed by atoms with Gasteiger partial charge in [0.15, 0.2) is 0 Å². The quantitative estimate of drug-likeness (QED) is 0.875. The van der Waals surface area contributed by atoms with Gasteiger partial charge in [0.2, 0.25) is 0 Å². The van der Waals surface area contributed by atoms with Gasteiger partial charge in [-0.3, -0.25) is 9.69 Å². The molecule has 0 spiro atoms. The molecule has 0 unspecified atom stereocenters. The van der Waals surface area contributed by atoms with E-state index in [0.717, 1.165) is 51.0 Å². The highest BCUT2D eigenvalue weighted by molar-refractivity contribution is 7.09. The fraction of sp³-hybridized carbons (Fsp3) is 0.500. The molecule has 1 amide bonds. The van der Waals surface area contributed by atoms with Crippen molar-refractivity contribution in [1.82, 2.24) is 20.2 Å². The molecule has 24 heavy (non-hydrogen) atoms. The second-order valence-corrected chi connectivity index (χ2v) is 7.27. The van der Waals surface area contributed by atoms with Crippen molar-refractivity contribution >= 4 is 17.2 Å². The number of rotatable bonds is 6. The molecule has 6 heteroatoms. The normalized spacial score (nSPS) is 16.2. The lowest BCUT2D eigenvalue weighted by Crippen LogP contribution is -2.44. The zero-order chi connectivity index (χ0) is 16.8. The number of amides is 1. The van der Waals surface area contributed by atoms with E-state index in [0.29, 0.717) is 5.56 Å². The van der Waals surface area contributed by atoms with Crippen LogP contribution in [0.3, 0.4) is 0 Å². The van der Waals surface area contributed by atoms with Crippen molar-refractivity contribution < 1.29 is 4.79 Å². The molecule has 2 aromatic heterocycles. The maximum atomic E-state index is 12.5. The van der Waals surface area contributed by atoms with Crippen molar-refractivity contribution in [3.63, 3.8) is 0 Å². The van der Waals surface area contributed by atoms with Gasteiger partial charge in [-0.2, -0.15) is 0 Å². The van der Waals surface area contributed by atoms with Crippen LogP contribution >= 0.6 is 11.3 Å². The van der Waals surface area contributed by atoms with Gasteiger partial charge in [-0.1, -0.05) is 19.4 Å². The number of hydrogen-bond acceptors (Lipinski definition) is 5. The Kier molecular flexibility index (Phi) is 5.93. The summed E-state index contributed by atoms with van der Waals surface area (Å²) in [6.45, 7) is 5.16. The lowest BCUT2D eigenvalue weighted by molar-refractivity contribution is 0.0907. The minimum absolute atomic E-state index is 0.0317. The van der Waals surface area contributed by atoms with Gasteiger partial charge in [0.1, 0.15) is 6.33 Å². The van der Waals surface area contributed by atoms with Gasteiger partial charge in [-0.25, -0.2) is 9.97 Å². The Morgan fingerprint density at radius 2 is 2.25 bits per heavy atom. The Morgan fingerprint density at radius 3 is 2.96 bits per heavy atom. The number of aromatic nitrogens is 2. The van der Waals surface area contributed by atoms with Crippen LogP contribution < -0.4 is 5.32 Å². The van der Waals surface area contributed by atoms with Gasteiger partial charge in [0, 0.05) is 36.8 Å². The second kappa shape index (κ2) is 8.35. The number of thiophene rings is 1. The summed E-state index contributed by atoms with van der Waals surface area (Å²) in [5.41, 5.74) is 1.47. The molecule has 1 fully saturated rings. The van der Waals surface area contributed by atoms with E-state index in [1.165, 1.54) is 11.2 Å². The Morgan fingerprint density at radius 1 is 1.42 bits per heavy atom. The molecule has 128 valence electrons. The topological polar surface area (TPSA) is 58.1 Å². The van der Waals surface area contributed by atoms with Crippen molar-refractivity contribution in [3.05, 3.63) is 46.2 Å². The number of nitrogens with zero attached hydrogens (tertiary/aromatic N) is 3. The third-order valence-electron chi connectivity index (χ3n) is 4.41. The lowest BCUT2D eigenvalue weighted by Gasteiger charge is -2.32. The molecule has 3 rings (SSSR count). The second-order valence-electron chi connectivity index (χ2n) is 6.24. The van der Waals surface area contributed by atoms with Crippen LogP contribution in [0.1, 0.15) is 47.1 Å². The van der Waals surface area contributed by atoms with Gasteiger partial charge in [-0.05, 0) is 30.7 Å². The molecule has 1 aliphatic rings. The van der Waals surface area contributed by atoms with Gasteiger partial charge in [0.25, 0.3) is 5.91 Å². The summed E-state index contributed by atoms with van der Waals surface area (Å²) in [5, 5.41) is 5.29. The van der Waals surface area contributed by atoms with Gasteiger partial charge >= 0.3 is 0 Å². The van der Waals surface area contributed by atoms with E-state index in [-0.39, 0.29) is 11.9 Å². The van der Waals surface area contributed by atoms with Crippen molar-refractivity contribution in [2.24, 2.45) is 0 Å². The summed E-state index contributed by atoms with van der Waals surface area (Å²) < 4.78 is 0. The number of aryl methyl sites for hydroxylation is 1. The van der Waals surface area contributed by atoms with E-state index in [4.69, 9.17) is 0 Å². The summed E-state index contributed by atoms with van der Waals surface area (Å²) in [5.74, 6) is -0.0317. The van der Waals surface area contributed by atoms with Crippen molar-refractivity contribution in [3.8, 4) is 0 Å². The van der Waals surface area contributed by atoms with Crippen LogP contribution in [0.2, 0.25) is 0 Å². The summed E-state index contributed by atoms with van der Waals surface area (Å²) in [6.07, 6.45) is 6.93. The maximum absolute atomic E-state index is 12.5. The summed E-state index contributed by atoms with van der Waals surface area (Å²) in [6, 6.07) is 4.53. The molecule has 0 aliphatic carbocycles. The number of nitrogens with one attached hydrogen (secondary N) is 1. The molecule has 5 nitrogen and oxygen atoms in total. The molecule has 1 saturated heterocycles. The highest BCUT2D eigenvalue weighted by Gasteiger charge is 2.22. The smallest absolute Gasteiger partial charge is 0.254 e. The predicted octanol–water partition coefficient (Wildman–Crippen LogP) is 2.89. The Labute approximate surface area is 147 Å². The Balaban J connectivity index is 1.51. The van der Waals surface area contributed by atoms with Crippen LogP contribution in [0.5, 0.6) is 0 Å². The number of piperidine rings is 1. The van der Waals surface area contributed by atoms with Gasteiger partial charge < -0.3 is 5.32 Å². The predicted molar refractivity (Wildman–Crippen MR) is 96.1 cm³/mol. The van der Waals surface area contributed by atoms with Crippen LogP contribution in [0, 0.1) is 0 Å². The largest absolute Gasteiger partial charge is 0.349 e. The van der Waals surface area contributed by atoms with Crippen LogP contribution in [0.4, 0.5) is 0 Å². The zero-order valence-electron chi connectivity index (χ0n) is 14.1. The molecule has 3 heterocycles. The van der Waals surface area contributed by atoms with E-state index in [1.54, 1.807) is 17.5 Å². The van der Waals surface area contributed by atoms with E-state index < -0.39 is 0 Å². The molecule has 0 atom stereocenters. The van der Waals surface area contributed by atoms with Crippen LogP contribution in [-0.4, -0.2) is 39.9 Å². The third-order valence-corrected chi connectivity index (χ3v) is 5.27. The average molecular weight is 344 g/mol. The summed E-state index contributed by atoms with van der Waals surface area (Å²) in [4.78, 5) is 24.7. The first-order valence-corrected chi connectivity index (χ1v) is 9.48. The minimum atomic E-state index is -0.0317. The highest BCUT2D eigenvalue weighted by atomic mass is 32.1. The maximum Gasteiger partial charge on any atom is 0.254 e. The zero-order valence-corrected chi connectivity index (χ0v) is 14.9. The summed E-state index contributed by atoms with van der Waals surface area (Å²) in [7, 11) is 0. The molecular formula is C18H24N4OS.